The fourth-order valence-corrected chi connectivity index (χ4v) is 7.49. The maximum absolute atomic E-state index is 12.8. The van der Waals surface area contributed by atoms with Gasteiger partial charge in [-0.1, -0.05) is 29.8 Å². The molecule has 0 atom stereocenters. The van der Waals surface area contributed by atoms with Crippen molar-refractivity contribution in [1.29, 1.82) is 0 Å². The predicted octanol–water partition coefficient (Wildman–Crippen LogP) is 2.48. The highest BCUT2D eigenvalue weighted by molar-refractivity contribution is 7.91. The fraction of sp³-hybridized carbons (Fsp3) is 0.400. The van der Waals surface area contributed by atoms with Crippen LogP contribution in [0.1, 0.15) is 11.1 Å². The van der Waals surface area contributed by atoms with Crippen molar-refractivity contribution in [3.63, 3.8) is 0 Å². The van der Waals surface area contributed by atoms with Gasteiger partial charge in [-0.15, -0.1) is 0 Å². The number of anilines is 2. The van der Waals surface area contributed by atoms with E-state index in [1.165, 1.54) is 0 Å². The summed E-state index contributed by atoms with van der Waals surface area (Å²) in [5.41, 5.74) is 3.70. The Bertz CT molecular complexity index is 1460. The van der Waals surface area contributed by atoms with Gasteiger partial charge in [0.15, 0.2) is 19.7 Å². The summed E-state index contributed by atoms with van der Waals surface area (Å²) in [7, 11) is -6.24. The molecule has 0 unspecified atom stereocenters. The van der Waals surface area contributed by atoms with E-state index in [0.29, 0.717) is 37.6 Å². The second-order valence-electron chi connectivity index (χ2n) is 9.32. The van der Waals surface area contributed by atoms with Gasteiger partial charge in [-0.05, 0) is 30.7 Å². The molecule has 0 radical (unpaired) electrons. The van der Waals surface area contributed by atoms with E-state index < -0.39 is 19.7 Å². The molecule has 5 rings (SSSR count). The Hall–Kier alpha value is -2.69. The summed E-state index contributed by atoms with van der Waals surface area (Å²) in [6, 6.07) is 15.3. The summed E-state index contributed by atoms with van der Waals surface area (Å²) in [6.07, 6.45) is 0. The lowest BCUT2D eigenvalue weighted by Gasteiger charge is -2.27. The summed E-state index contributed by atoms with van der Waals surface area (Å²) in [6.45, 7) is 5.42. The Morgan fingerprint density at radius 1 is 0.943 bits per heavy atom. The smallest absolute Gasteiger partial charge is 0.180 e. The van der Waals surface area contributed by atoms with Crippen LogP contribution < -0.4 is 10.2 Å². The zero-order valence-electron chi connectivity index (χ0n) is 19.8. The molecule has 3 aromatic rings. The monoisotopic (exact) mass is 514 g/mol. The molecule has 35 heavy (non-hydrogen) atoms. The van der Waals surface area contributed by atoms with Gasteiger partial charge in [0, 0.05) is 56.4 Å². The number of aromatic nitrogens is 1. The van der Waals surface area contributed by atoms with Crippen molar-refractivity contribution in [3.8, 4) is 0 Å². The van der Waals surface area contributed by atoms with Crippen molar-refractivity contribution >= 4 is 42.1 Å². The summed E-state index contributed by atoms with van der Waals surface area (Å²) in [4.78, 5) is 9.49. The number of aryl methyl sites for hydroxylation is 1. The quantitative estimate of drug-likeness (QED) is 0.554. The Morgan fingerprint density at radius 3 is 2.51 bits per heavy atom. The SMILES string of the molecule is Cc1ccc2nc(N3CCS(=O)(=O)c4ccccc4C3)cc(NCCN3CCS(=O)(=O)CC3)c2c1. The van der Waals surface area contributed by atoms with Crippen LogP contribution in [0, 0.1) is 6.92 Å². The second kappa shape index (κ2) is 9.40. The summed E-state index contributed by atoms with van der Waals surface area (Å²) in [5, 5.41) is 4.55. The van der Waals surface area contributed by atoms with Crippen LogP contribution in [0.4, 0.5) is 11.5 Å². The third kappa shape index (κ3) is 5.29. The van der Waals surface area contributed by atoms with Gasteiger partial charge in [0.1, 0.15) is 5.82 Å². The first-order valence-corrected chi connectivity index (χ1v) is 15.3. The number of benzene rings is 2. The summed E-state index contributed by atoms with van der Waals surface area (Å²) >= 11 is 0. The maximum atomic E-state index is 12.8. The van der Waals surface area contributed by atoms with E-state index in [0.717, 1.165) is 40.1 Å². The highest BCUT2D eigenvalue weighted by atomic mass is 32.2. The molecule has 2 aromatic carbocycles. The molecule has 0 saturated carbocycles. The van der Waals surface area contributed by atoms with E-state index in [2.05, 4.69) is 16.3 Å². The molecule has 1 saturated heterocycles. The maximum Gasteiger partial charge on any atom is 0.180 e. The lowest BCUT2D eigenvalue weighted by atomic mass is 10.1. The molecular weight excluding hydrogens is 484 g/mol. The van der Waals surface area contributed by atoms with Gasteiger partial charge in [0.25, 0.3) is 0 Å². The van der Waals surface area contributed by atoms with Gasteiger partial charge < -0.3 is 10.2 Å². The molecule has 2 aliphatic rings. The van der Waals surface area contributed by atoms with Crippen LogP contribution >= 0.6 is 0 Å². The summed E-state index contributed by atoms with van der Waals surface area (Å²) < 4.78 is 49.0. The molecule has 0 bridgehead atoms. The van der Waals surface area contributed by atoms with Crippen LogP contribution in [0.25, 0.3) is 10.9 Å². The molecule has 0 spiro atoms. The van der Waals surface area contributed by atoms with Gasteiger partial charge in [0.2, 0.25) is 0 Å². The molecule has 186 valence electrons. The lowest BCUT2D eigenvalue weighted by molar-refractivity contribution is 0.307. The molecule has 3 heterocycles. The molecular formula is C25H30N4O4S2. The topological polar surface area (TPSA) is 99.7 Å². The van der Waals surface area contributed by atoms with E-state index in [9.17, 15) is 16.8 Å². The average Bonchev–Trinajstić information content (AvgIpc) is 2.96. The van der Waals surface area contributed by atoms with Crippen LogP contribution in [-0.4, -0.2) is 76.7 Å². The Kier molecular flexibility index (Phi) is 6.45. The first-order chi connectivity index (χ1) is 16.7. The minimum absolute atomic E-state index is 0.0399. The standard InChI is InChI=1S/C25H30N4O4S2/c1-19-6-7-22-21(16-19)23(26-8-9-28-10-13-34(30,31)14-11-28)17-25(27-22)29-12-15-35(32,33)24-5-3-2-4-20(24)18-29/h2-7,16-17H,8-15,18H2,1H3,(H,26,27). The minimum Gasteiger partial charge on any atom is -0.383 e. The van der Waals surface area contributed by atoms with E-state index in [-0.39, 0.29) is 17.3 Å². The van der Waals surface area contributed by atoms with E-state index >= 15 is 0 Å². The van der Waals surface area contributed by atoms with E-state index in [1.807, 2.05) is 42.2 Å². The van der Waals surface area contributed by atoms with Crippen molar-refractivity contribution in [2.75, 3.05) is 60.2 Å². The largest absolute Gasteiger partial charge is 0.383 e. The van der Waals surface area contributed by atoms with Gasteiger partial charge in [-0.3, -0.25) is 4.90 Å². The van der Waals surface area contributed by atoms with Crippen LogP contribution in [0.15, 0.2) is 53.4 Å². The Morgan fingerprint density at radius 2 is 1.71 bits per heavy atom. The van der Waals surface area contributed by atoms with Crippen LogP contribution in [-0.2, 0) is 26.2 Å². The Labute approximate surface area is 206 Å². The number of nitrogens with one attached hydrogen (secondary N) is 1. The van der Waals surface area contributed by atoms with E-state index in [1.54, 1.807) is 12.1 Å². The Balaban J connectivity index is 1.41. The van der Waals surface area contributed by atoms with Gasteiger partial charge in [-0.25, -0.2) is 21.8 Å². The number of fused-ring (bicyclic) bond motifs is 2. The van der Waals surface area contributed by atoms with Crippen molar-refractivity contribution in [3.05, 3.63) is 59.7 Å². The third-order valence-corrected chi connectivity index (χ3v) is 10.2. The first kappa shape index (κ1) is 24.0. The number of pyridine rings is 1. The predicted molar refractivity (Wildman–Crippen MR) is 140 cm³/mol. The zero-order valence-corrected chi connectivity index (χ0v) is 21.4. The number of rotatable bonds is 5. The molecule has 10 heteroatoms. The fourth-order valence-electron chi connectivity index (χ4n) is 4.71. The molecule has 1 N–H and O–H groups in total. The number of hydrogen-bond acceptors (Lipinski definition) is 8. The third-order valence-electron chi connectivity index (χ3n) is 6.75. The van der Waals surface area contributed by atoms with Crippen molar-refractivity contribution in [2.45, 2.75) is 18.4 Å². The second-order valence-corrected chi connectivity index (χ2v) is 13.7. The number of hydrogen-bond donors (Lipinski definition) is 1. The van der Waals surface area contributed by atoms with Crippen molar-refractivity contribution < 1.29 is 16.8 Å². The normalized spacial score (nSPS) is 19.7. The van der Waals surface area contributed by atoms with Crippen molar-refractivity contribution in [1.82, 2.24) is 9.88 Å². The molecule has 2 aliphatic heterocycles. The minimum atomic E-state index is -3.35. The van der Waals surface area contributed by atoms with Crippen LogP contribution in [0.3, 0.4) is 0 Å². The number of nitrogens with zero attached hydrogens (tertiary/aromatic N) is 3. The van der Waals surface area contributed by atoms with Crippen LogP contribution in [0.5, 0.6) is 0 Å². The highest BCUT2D eigenvalue weighted by Crippen LogP contribution is 2.31. The van der Waals surface area contributed by atoms with Crippen LogP contribution in [0.2, 0.25) is 0 Å². The number of sulfone groups is 2. The van der Waals surface area contributed by atoms with Gasteiger partial charge in [-0.2, -0.15) is 0 Å². The molecule has 1 fully saturated rings. The van der Waals surface area contributed by atoms with E-state index in [4.69, 9.17) is 4.98 Å². The molecule has 8 nitrogen and oxygen atoms in total. The highest BCUT2D eigenvalue weighted by Gasteiger charge is 2.26. The molecule has 0 aliphatic carbocycles. The van der Waals surface area contributed by atoms with Gasteiger partial charge >= 0.3 is 0 Å². The van der Waals surface area contributed by atoms with Gasteiger partial charge in [0.05, 0.1) is 27.7 Å². The zero-order chi connectivity index (χ0) is 24.6. The van der Waals surface area contributed by atoms with Crippen molar-refractivity contribution in [2.24, 2.45) is 0 Å². The average molecular weight is 515 g/mol. The summed E-state index contributed by atoms with van der Waals surface area (Å²) in [5.74, 6) is 1.21. The first-order valence-electron chi connectivity index (χ1n) is 11.8. The lowest BCUT2D eigenvalue weighted by Crippen LogP contribution is -2.42. The molecule has 0 amide bonds. The molecule has 1 aromatic heterocycles.